The van der Waals surface area contributed by atoms with Gasteiger partial charge in [-0.25, -0.2) is 8.78 Å². The Morgan fingerprint density at radius 3 is 2.33 bits per heavy atom. The van der Waals surface area contributed by atoms with Crippen molar-refractivity contribution in [2.75, 3.05) is 12.3 Å². The third kappa shape index (κ3) is 4.55. The second kappa shape index (κ2) is 7.57. The Kier molecular flexibility index (Phi) is 5.76. The Hall–Kier alpha value is -1.39. The minimum Gasteiger partial charge on any atom is -0.309 e. The fraction of sp³-hybridized carbons (Fsp3) is 0.294. The van der Waals surface area contributed by atoms with Crippen LogP contribution in [0.5, 0.6) is 0 Å². The van der Waals surface area contributed by atoms with E-state index in [0.29, 0.717) is 0 Å². The van der Waals surface area contributed by atoms with Gasteiger partial charge in [0.1, 0.15) is 11.6 Å². The monoisotopic (exact) mass is 307 g/mol. The number of hydrogen-bond acceptors (Lipinski definition) is 2. The maximum atomic E-state index is 13.2. The minimum atomic E-state index is -0.225. The van der Waals surface area contributed by atoms with E-state index in [1.54, 1.807) is 30.0 Å². The molecule has 1 atom stereocenters. The van der Waals surface area contributed by atoms with E-state index in [1.165, 1.54) is 18.2 Å². The Labute approximate surface area is 128 Å². The zero-order chi connectivity index (χ0) is 15.2. The summed E-state index contributed by atoms with van der Waals surface area (Å²) in [6.45, 7) is 4.81. The molecule has 0 fully saturated rings. The zero-order valence-electron chi connectivity index (χ0n) is 12.2. The van der Waals surface area contributed by atoms with Crippen LogP contribution in [0.2, 0.25) is 0 Å². The third-order valence-corrected chi connectivity index (χ3v) is 4.39. The molecule has 0 bridgehead atoms. The van der Waals surface area contributed by atoms with E-state index in [-0.39, 0.29) is 17.7 Å². The largest absolute Gasteiger partial charge is 0.309 e. The second-order valence-corrected chi connectivity index (χ2v) is 5.97. The van der Waals surface area contributed by atoms with Gasteiger partial charge in [-0.3, -0.25) is 0 Å². The van der Waals surface area contributed by atoms with Gasteiger partial charge >= 0.3 is 0 Å². The molecule has 4 heteroatoms. The van der Waals surface area contributed by atoms with Crippen LogP contribution in [-0.4, -0.2) is 12.3 Å². The molecule has 2 aromatic rings. The van der Waals surface area contributed by atoms with Crippen molar-refractivity contribution in [3.05, 3.63) is 65.2 Å². The lowest BCUT2D eigenvalue weighted by Crippen LogP contribution is -2.23. The highest BCUT2D eigenvalue weighted by atomic mass is 32.2. The Bertz CT molecular complexity index is 584. The molecule has 1 unspecified atom stereocenters. The molecule has 112 valence electrons. The number of nitrogens with one attached hydrogen (secondary N) is 1. The van der Waals surface area contributed by atoms with Crippen LogP contribution in [0.1, 0.15) is 24.1 Å². The SMILES string of the molecule is CCNC(CSc1ccc(F)cc1)c1ccc(F)cc1C. The summed E-state index contributed by atoms with van der Waals surface area (Å²) in [4.78, 5) is 1.03. The molecule has 0 aliphatic rings. The highest BCUT2D eigenvalue weighted by Crippen LogP contribution is 2.27. The highest BCUT2D eigenvalue weighted by Gasteiger charge is 2.13. The summed E-state index contributed by atoms with van der Waals surface area (Å²) in [5.74, 6) is 0.376. The van der Waals surface area contributed by atoms with E-state index < -0.39 is 0 Å². The molecule has 21 heavy (non-hydrogen) atoms. The Morgan fingerprint density at radius 1 is 1.05 bits per heavy atom. The number of aryl methyl sites for hydroxylation is 1. The predicted octanol–water partition coefficient (Wildman–Crippen LogP) is 4.72. The molecule has 1 nitrogen and oxygen atoms in total. The molecule has 0 radical (unpaired) electrons. The normalized spacial score (nSPS) is 12.4. The molecule has 0 aromatic heterocycles. The summed E-state index contributed by atoms with van der Waals surface area (Å²) in [6, 6.07) is 11.5. The van der Waals surface area contributed by atoms with Crippen molar-refractivity contribution in [3.63, 3.8) is 0 Å². The van der Waals surface area contributed by atoms with E-state index in [2.05, 4.69) is 12.2 Å². The molecule has 1 N–H and O–H groups in total. The van der Waals surface area contributed by atoms with Crippen molar-refractivity contribution in [2.45, 2.75) is 24.8 Å². The van der Waals surface area contributed by atoms with Gasteiger partial charge in [0.25, 0.3) is 0 Å². The fourth-order valence-electron chi connectivity index (χ4n) is 2.25. The van der Waals surface area contributed by atoms with Crippen molar-refractivity contribution in [1.29, 1.82) is 0 Å². The van der Waals surface area contributed by atoms with Gasteiger partial charge in [0.05, 0.1) is 0 Å². The summed E-state index contributed by atoms with van der Waals surface area (Å²) < 4.78 is 26.1. The topological polar surface area (TPSA) is 12.0 Å². The summed E-state index contributed by atoms with van der Waals surface area (Å²) in [5.41, 5.74) is 2.05. The van der Waals surface area contributed by atoms with Crippen LogP contribution in [0.25, 0.3) is 0 Å². The molecule has 2 aromatic carbocycles. The summed E-state index contributed by atoms with van der Waals surface area (Å²) in [5, 5.41) is 3.42. The van der Waals surface area contributed by atoms with Crippen molar-refractivity contribution in [2.24, 2.45) is 0 Å². The van der Waals surface area contributed by atoms with Gasteiger partial charge in [-0.15, -0.1) is 11.8 Å². The molecule has 0 aliphatic heterocycles. The van der Waals surface area contributed by atoms with Crippen LogP contribution in [0.3, 0.4) is 0 Å². The van der Waals surface area contributed by atoms with Gasteiger partial charge < -0.3 is 5.32 Å². The number of rotatable bonds is 6. The lowest BCUT2D eigenvalue weighted by molar-refractivity contribution is 0.594. The molecule has 0 saturated carbocycles. The molecule has 0 heterocycles. The molecule has 0 spiro atoms. The van der Waals surface area contributed by atoms with E-state index in [0.717, 1.165) is 28.3 Å². The number of thioether (sulfide) groups is 1. The number of benzene rings is 2. The number of hydrogen-bond donors (Lipinski definition) is 1. The minimum absolute atomic E-state index is 0.144. The first-order valence-corrected chi connectivity index (χ1v) is 7.96. The molecular weight excluding hydrogens is 288 g/mol. The average molecular weight is 307 g/mol. The molecule has 0 amide bonds. The molecular formula is C17H19F2NS. The van der Waals surface area contributed by atoms with E-state index >= 15 is 0 Å². The smallest absolute Gasteiger partial charge is 0.123 e. The van der Waals surface area contributed by atoms with Crippen LogP contribution in [-0.2, 0) is 0 Å². The van der Waals surface area contributed by atoms with Crippen molar-refractivity contribution < 1.29 is 8.78 Å². The third-order valence-electron chi connectivity index (χ3n) is 3.29. The summed E-state index contributed by atoms with van der Waals surface area (Å²) in [6.07, 6.45) is 0. The fourth-order valence-corrected chi connectivity index (χ4v) is 3.23. The van der Waals surface area contributed by atoms with Gasteiger partial charge in [0.2, 0.25) is 0 Å². The van der Waals surface area contributed by atoms with Gasteiger partial charge in [-0.05, 0) is 61.0 Å². The highest BCUT2D eigenvalue weighted by molar-refractivity contribution is 7.99. The van der Waals surface area contributed by atoms with Crippen LogP contribution in [0, 0.1) is 18.6 Å². The first-order chi connectivity index (χ1) is 10.1. The van der Waals surface area contributed by atoms with Crippen LogP contribution in [0.15, 0.2) is 47.4 Å². The van der Waals surface area contributed by atoms with Gasteiger partial charge in [-0.1, -0.05) is 13.0 Å². The first-order valence-electron chi connectivity index (χ1n) is 6.98. The maximum Gasteiger partial charge on any atom is 0.123 e. The number of halogens is 2. The summed E-state index contributed by atoms with van der Waals surface area (Å²) >= 11 is 1.66. The van der Waals surface area contributed by atoms with Gasteiger partial charge in [-0.2, -0.15) is 0 Å². The Morgan fingerprint density at radius 2 is 1.71 bits per heavy atom. The van der Waals surface area contributed by atoms with E-state index in [1.807, 2.05) is 13.0 Å². The predicted molar refractivity (Wildman–Crippen MR) is 84.7 cm³/mol. The first kappa shape index (κ1) is 16.0. The van der Waals surface area contributed by atoms with Crippen LogP contribution < -0.4 is 5.32 Å². The zero-order valence-corrected chi connectivity index (χ0v) is 13.0. The van der Waals surface area contributed by atoms with Gasteiger partial charge in [0.15, 0.2) is 0 Å². The van der Waals surface area contributed by atoms with Crippen LogP contribution >= 0.6 is 11.8 Å². The van der Waals surface area contributed by atoms with Gasteiger partial charge in [0, 0.05) is 16.7 Å². The molecule has 2 rings (SSSR count). The quantitative estimate of drug-likeness (QED) is 0.775. The molecule has 0 aliphatic carbocycles. The molecule has 0 saturated heterocycles. The van der Waals surface area contributed by atoms with Crippen molar-refractivity contribution in [1.82, 2.24) is 5.32 Å². The van der Waals surface area contributed by atoms with Crippen LogP contribution in [0.4, 0.5) is 8.78 Å². The standard InChI is InChI=1S/C17H19F2NS/c1-3-20-17(16-9-6-14(19)10-12(16)2)11-21-15-7-4-13(18)5-8-15/h4-10,17,20H,3,11H2,1-2H3. The van der Waals surface area contributed by atoms with Crippen molar-refractivity contribution in [3.8, 4) is 0 Å². The lowest BCUT2D eigenvalue weighted by Gasteiger charge is -2.20. The summed E-state index contributed by atoms with van der Waals surface area (Å²) in [7, 11) is 0. The van der Waals surface area contributed by atoms with E-state index in [4.69, 9.17) is 0 Å². The lowest BCUT2D eigenvalue weighted by atomic mass is 10.0. The van der Waals surface area contributed by atoms with E-state index in [9.17, 15) is 8.78 Å². The maximum absolute atomic E-state index is 13.2. The average Bonchev–Trinajstić information content (AvgIpc) is 2.46. The second-order valence-electron chi connectivity index (χ2n) is 4.88. The van der Waals surface area contributed by atoms with Crippen molar-refractivity contribution >= 4 is 11.8 Å². The Balaban J connectivity index is 2.09.